The van der Waals surface area contributed by atoms with Gasteiger partial charge in [-0.15, -0.1) is 0 Å². The van der Waals surface area contributed by atoms with E-state index in [1.54, 1.807) is 0 Å². The molecule has 1 heterocycles. The average Bonchev–Trinajstić information content (AvgIpc) is 2.73. The van der Waals surface area contributed by atoms with Gasteiger partial charge in [0, 0.05) is 18.6 Å². The van der Waals surface area contributed by atoms with Crippen molar-refractivity contribution in [3.05, 3.63) is 0 Å². The van der Waals surface area contributed by atoms with Gasteiger partial charge in [-0.1, -0.05) is 12.8 Å². The summed E-state index contributed by atoms with van der Waals surface area (Å²) in [6, 6.07) is 0. The van der Waals surface area contributed by atoms with E-state index in [0.717, 1.165) is 31.4 Å². The van der Waals surface area contributed by atoms with Gasteiger partial charge in [-0.05, 0) is 33.6 Å². The predicted octanol–water partition coefficient (Wildman–Crippen LogP) is 2.99. The van der Waals surface area contributed by atoms with E-state index in [1.165, 1.54) is 12.8 Å². The summed E-state index contributed by atoms with van der Waals surface area (Å²) in [7, 11) is 0. The van der Waals surface area contributed by atoms with Crippen LogP contribution in [0.1, 0.15) is 59.3 Å². The van der Waals surface area contributed by atoms with Crippen molar-refractivity contribution in [3.63, 3.8) is 0 Å². The quantitative estimate of drug-likeness (QED) is 0.744. The summed E-state index contributed by atoms with van der Waals surface area (Å²) in [6.45, 7) is 6.21. The van der Waals surface area contributed by atoms with Gasteiger partial charge >= 0.3 is 6.09 Å². The lowest BCUT2D eigenvalue weighted by Gasteiger charge is -2.34. The molecule has 1 saturated heterocycles. The molecule has 2 rings (SSSR count). The van der Waals surface area contributed by atoms with Gasteiger partial charge in [-0.3, -0.25) is 0 Å². The van der Waals surface area contributed by atoms with Crippen LogP contribution in [0.3, 0.4) is 0 Å². The Balaban J connectivity index is 1.87. The highest BCUT2D eigenvalue weighted by molar-refractivity contribution is 5.87. The van der Waals surface area contributed by atoms with Crippen LogP contribution in [0, 0.1) is 0 Å². The Hall–Kier alpha value is -1.10. The Kier molecular flexibility index (Phi) is 4.13. The van der Waals surface area contributed by atoms with E-state index in [9.17, 15) is 4.79 Å². The Morgan fingerprint density at radius 1 is 1.37 bits per heavy atom. The molecule has 1 aliphatic heterocycles. The van der Waals surface area contributed by atoms with E-state index in [1.807, 2.05) is 20.8 Å². The summed E-state index contributed by atoms with van der Waals surface area (Å²) in [5.74, 6) is 0. The molecule has 1 aliphatic carbocycles. The molecule has 0 aromatic rings. The smallest absolute Gasteiger partial charge is 0.428 e. The Morgan fingerprint density at radius 3 is 2.68 bits per heavy atom. The summed E-state index contributed by atoms with van der Waals surface area (Å²) in [4.78, 5) is 11.5. The molecule has 1 amide bonds. The fourth-order valence-corrected chi connectivity index (χ4v) is 2.76. The van der Waals surface area contributed by atoms with E-state index >= 15 is 0 Å². The number of amides is 1. The third kappa shape index (κ3) is 4.20. The lowest BCUT2D eigenvalue weighted by molar-refractivity contribution is -0.0433. The number of hydrazone groups is 1. The van der Waals surface area contributed by atoms with Crippen LogP contribution in [0.25, 0.3) is 0 Å². The van der Waals surface area contributed by atoms with E-state index in [-0.39, 0.29) is 5.60 Å². The second-order valence-corrected chi connectivity index (χ2v) is 6.46. The first-order chi connectivity index (χ1) is 8.89. The highest BCUT2D eigenvalue weighted by Gasteiger charge is 2.38. The number of nitrogens with one attached hydrogen (secondary N) is 1. The Morgan fingerprint density at radius 2 is 2.05 bits per heavy atom. The standard InChI is InChI=1S/C14H24N2O3/c1-13(2,3)19-12(17)16-15-11-6-9-18-14(10-11)7-4-5-8-14/h4-10H2,1-3H3,(H,16,17)/b15-11+. The van der Waals surface area contributed by atoms with E-state index < -0.39 is 11.7 Å². The van der Waals surface area contributed by atoms with Gasteiger partial charge in [0.25, 0.3) is 0 Å². The van der Waals surface area contributed by atoms with Gasteiger partial charge < -0.3 is 9.47 Å². The topological polar surface area (TPSA) is 59.9 Å². The number of hydrogen-bond acceptors (Lipinski definition) is 4. The highest BCUT2D eigenvalue weighted by Crippen LogP contribution is 2.38. The third-order valence-corrected chi connectivity index (χ3v) is 3.54. The number of rotatable bonds is 1. The van der Waals surface area contributed by atoms with Gasteiger partial charge in [-0.25, -0.2) is 10.2 Å². The molecular formula is C14H24N2O3. The van der Waals surface area contributed by atoms with E-state index in [0.29, 0.717) is 6.61 Å². The second-order valence-electron chi connectivity index (χ2n) is 6.46. The van der Waals surface area contributed by atoms with Crippen molar-refractivity contribution in [2.75, 3.05) is 6.61 Å². The predicted molar refractivity (Wildman–Crippen MR) is 73.2 cm³/mol. The molecule has 1 N–H and O–H groups in total. The fourth-order valence-electron chi connectivity index (χ4n) is 2.76. The van der Waals surface area contributed by atoms with E-state index in [4.69, 9.17) is 9.47 Å². The molecule has 108 valence electrons. The molecule has 2 aliphatic rings. The monoisotopic (exact) mass is 268 g/mol. The first kappa shape index (κ1) is 14.3. The first-order valence-electron chi connectivity index (χ1n) is 7.07. The normalized spacial score (nSPS) is 24.7. The number of ether oxygens (including phenoxy) is 2. The van der Waals surface area contributed by atoms with Crippen molar-refractivity contribution in [1.82, 2.24) is 5.43 Å². The fraction of sp³-hybridized carbons (Fsp3) is 0.857. The summed E-state index contributed by atoms with van der Waals surface area (Å²) in [5.41, 5.74) is 3.00. The Bertz CT molecular complexity index is 365. The van der Waals surface area contributed by atoms with Crippen molar-refractivity contribution >= 4 is 11.8 Å². The Labute approximate surface area is 114 Å². The minimum atomic E-state index is -0.494. The van der Waals surface area contributed by atoms with E-state index in [2.05, 4.69) is 10.5 Å². The van der Waals surface area contributed by atoms with Crippen LogP contribution in [0.15, 0.2) is 5.10 Å². The second kappa shape index (κ2) is 5.49. The largest absolute Gasteiger partial charge is 0.443 e. The zero-order valence-electron chi connectivity index (χ0n) is 12.1. The van der Waals surface area contributed by atoms with Gasteiger partial charge in [0.15, 0.2) is 0 Å². The van der Waals surface area contributed by atoms with Crippen LogP contribution in [-0.4, -0.2) is 29.6 Å². The number of nitrogens with zero attached hydrogens (tertiary/aromatic N) is 1. The zero-order chi connectivity index (χ0) is 13.9. The summed E-state index contributed by atoms with van der Waals surface area (Å²) < 4.78 is 11.1. The maximum atomic E-state index is 11.5. The molecule has 0 unspecified atom stereocenters. The molecule has 1 spiro atoms. The van der Waals surface area contributed by atoms with Crippen molar-refractivity contribution in [2.45, 2.75) is 70.5 Å². The molecule has 0 bridgehead atoms. The molecular weight excluding hydrogens is 244 g/mol. The van der Waals surface area contributed by atoms with Gasteiger partial charge in [-0.2, -0.15) is 5.10 Å². The summed E-state index contributed by atoms with van der Waals surface area (Å²) in [5, 5.41) is 4.20. The summed E-state index contributed by atoms with van der Waals surface area (Å²) >= 11 is 0. The highest BCUT2D eigenvalue weighted by atomic mass is 16.6. The van der Waals surface area contributed by atoms with Crippen LogP contribution in [0.4, 0.5) is 4.79 Å². The van der Waals surface area contributed by atoms with Crippen LogP contribution >= 0.6 is 0 Å². The molecule has 0 atom stereocenters. The van der Waals surface area contributed by atoms with Crippen molar-refractivity contribution in [2.24, 2.45) is 5.10 Å². The molecule has 0 aromatic carbocycles. The molecule has 5 heteroatoms. The lowest BCUT2D eigenvalue weighted by Crippen LogP contribution is -2.38. The van der Waals surface area contributed by atoms with Crippen molar-refractivity contribution < 1.29 is 14.3 Å². The number of hydrogen-bond donors (Lipinski definition) is 1. The molecule has 1 saturated carbocycles. The van der Waals surface area contributed by atoms with Gasteiger partial charge in [0.2, 0.25) is 0 Å². The summed E-state index contributed by atoms with van der Waals surface area (Å²) in [6.07, 6.45) is 5.81. The SMILES string of the molecule is CC(C)(C)OC(=O)N/N=C1\CCOC2(CCCC2)C1. The van der Waals surface area contributed by atoms with Crippen LogP contribution in [0.2, 0.25) is 0 Å². The molecule has 0 radical (unpaired) electrons. The number of carbonyl (C=O) groups is 1. The van der Waals surface area contributed by atoms with Crippen molar-refractivity contribution in [3.8, 4) is 0 Å². The molecule has 0 aromatic heterocycles. The average molecular weight is 268 g/mol. The lowest BCUT2D eigenvalue weighted by atomic mass is 9.91. The number of carbonyl (C=O) groups excluding carboxylic acids is 1. The maximum Gasteiger partial charge on any atom is 0.428 e. The molecule has 2 fully saturated rings. The minimum absolute atomic E-state index is 0.00725. The zero-order valence-corrected chi connectivity index (χ0v) is 12.1. The van der Waals surface area contributed by atoms with Crippen LogP contribution < -0.4 is 5.43 Å². The van der Waals surface area contributed by atoms with Gasteiger partial charge in [0.1, 0.15) is 5.60 Å². The molecule has 19 heavy (non-hydrogen) atoms. The van der Waals surface area contributed by atoms with Crippen LogP contribution in [0.5, 0.6) is 0 Å². The minimum Gasteiger partial charge on any atom is -0.443 e. The van der Waals surface area contributed by atoms with Crippen molar-refractivity contribution in [1.29, 1.82) is 0 Å². The maximum absolute atomic E-state index is 11.5. The first-order valence-corrected chi connectivity index (χ1v) is 7.07. The van der Waals surface area contributed by atoms with Gasteiger partial charge in [0.05, 0.1) is 12.2 Å². The molecule has 5 nitrogen and oxygen atoms in total. The van der Waals surface area contributed by atoms with Crippen LogP contribution in [-0.2, 0) is 9.47 Å². The third-order valence-electron chi connectivity index (χ3n) is 3.54.